The van der Waals surface area contributed by atoms with Crippen molar-refractivity contribution in [3.63, 3.8) is 0 Å². The van der Waals surface area contributed by atoms with Gasteiger partial charge < -0.3 is 63.1 Å². The lowest BCUT2D eigenvalue weighted by Gasteiger charge is -2.25. The molecule has 142 heavy (non-hydrogen) atoms. The van der Waals surface area contributed by atoms with Gasteiger partial charge in [0.1, 0.15) is 10.0 Å². The number of aromatic nitrogens is 2. The van der Waals surface area contributed by atoms with E-state index < -0.39 is 0 Å². The zero-order valence-corrected chi connectivity index (χ0v) is 92.3. The lowest BCUT2D eigenvalue weighted by atomic mass is 10.1. The third-order valence-electron chi connectivity index (χ3n) is 19.9. The SMILES string of the molecule is CC.CC.CC.CC.CC.CC.CC.CC.CC.CC.CC.CC.NCCN(c1ccccc1)c1ccccc1.NCCc1ccc(-n2c3ccccc3c3ccccc32)s1.NCCc1ccc(N(c2ccccc2)c2ccccc2)cc1.NCCc1ccc(N(c2ccccc2)c2ccccc2)s1.NCCc1cccc(N(c2ccccc2)c2ccccc2)c1.NCCn1c2ccccc2c2ccccc21. The van der Waals surface area contributed by atoms with Gasteiger partial charge in [0, 0.05) is 125 Å². The third-order valence-corrected chi connectivity index (χ3v) is 22.2. The first-order chi connectivity index (χ1) is 70.4. The van der Waals surface area contributed by atoms with E-state index in [-0.39, 0.29) is 0 Å². The first-order valence-electron chi connectivity index (χ1n) is 52.4. The van der Waals surface area contributed by atoms with Gasteiger partial charge in [-0.2, -0.15) is 0 Å². The molecule has 14 aromatic carbocycles. The summed E-state index contributed by atoms with van der Waals surface area (Å²) in [5, 5.41) is 7.72. The van der Waals surface area contributed by atoms with Crippen molar-refractivity contribution in [1.29, 1.82) is 0 Å². The standard InChI is InChI=1S/2C20H20N2.C18H16N2S.C18H18N2S.C14H14N2.C14H16N2.12C2H6/c21-15-14-17-8-7-13-20(16-17)22(18-9-3-1-4-10-18)19-11-5-2-6-12-19;21-16-15-17-11-13-20(14-12-17)22(18-7-3-1-4-8-18)19-9-5-2-6-10-19;19-12-11-13-9-10-18(21-13)20-16-7-3-1-5-14(16)15-6-2-4-8-17(15)20;19-14-13-17-11-12-18(21-17)20(15-7-3-1-4-8-15)16-9-5-2-6-10-16;15-9-10-16-13-7-3-1-5-11(13)12-6-2-4-8-14(12)16;15-11-12-16(13-7-3-1-4-8-13)14-9-5-2-6-10-14;12*1-2/h1-13,16H,14-15,21H2;1-14H,15-16,21H2;1-10H,11-12,19H2;1-12H,13-14,19H2;1-8H,9-10,15H2;1-10H,11-12,15H2;12*1-2H3. The molecular formula is C128H176N12S2. The van der Waals surface area contributed by atoms with E-state index in [2.05, 4.69) is 368 Å². The van der Waals surface area contributed by atoms with E-state index >= 15 is 0 Å². The van der Waals surface area contributed by atoms with Gasteiger partial charge in [0.2, 0.25) is 0 Å². The second kappa shape index (κ2) is 81.7. The molecule has 0 saturated carbocycles. The maximum Gasteiger partial charge on any atom is 0.100 e. The predicted molar refractivity (Wildman–Crippen MR) is 645 cm³/mol. The van der Waals surface area contributed by atoms with Crippen LogP contribution in [0.15, 0.2) is 413 Å². The maximum atomic E-state index is 5.70. The number of hydrogen-bond acceptors (Lipinski definition) is 12. The summed E-state index contributed by atoms with van der Waals surface area (Å²) in [4.78, 5) is 11.7. The van der Waals surface area contributed by atoms with Crippen LogP contribution in [0.4, 0.5) is 61.9 Å². The Morgan fingerprint density at radius 3 is 0.803 bits per heavy atom. The molecule has 0 aliphatic rings. The first kappa shape index (κ1) is 127. The van der Waals surface area contributed by atoms with Crippen LogP contribution < -0.4 is 54.0 Å². The average molecular weight is 1950 g/mol. The van der Waals surface area contributed by atoms with Crippen molar-refractivity contribution in [3.8, 4) is 5.00 Å². The molecule has 0 atom stereocenters. The number of rotatable bonds is 24. The number of nitrogens with zero attached hydrogens (tertiary/aromatic N) is 6. The molecule has 18 aromatic rings. The molecule has 0 aliphatic heterocycles. The molecule has 4 heterocycles. The Bertz CT molecular complexity index is 5670. The molecule has 0 bridgehead atoms. The highest BCUT2D eigenvalue weighted by atomic mass is 32.1. The molecule has 0 unspecified atom stereocenters. The predicted octanol–water partition coefficient (Wildman–Crippen LogP) is 36.2. The van der Waals surface area contributed by atoms with Gasteiger partial charge in [-0.1, -0.05) is 409 Å². The lowest BCUT2D eigenvalue weighted by Crippen LogP contribution is -2.24. The van der Waals surface area contributed by atoms with Crippen LogP contribution in [0.2, 0.25) is 0 Å². The minimum atomic E-state index is 0.643. The summed E-state index contributed by atoms with van der Waals surface area (Å²) >= 11 is 3.63. The zero-order chi connectivity index (χ0) is 105. The molecule has 760 valence electrons. The highest BCUT2D eigenvalue weighted by molar-refractivity contribution is 7.16. The largest absolute Gasteiger partial charge is 0.340 e. The van der Waals surface area contributed by atoms with Crippen LogP contribution in [-0.4, -0.2) is 54.9 Å². The van der Waals surface area contributed by atoms with Crippen LogP contribution in [0.3, 0.4) is 0 Å². The summed E-state index contributed by atoms with van der Waals surface area (Å²) in [5.41, 5.74) is 53.2. The summed E-state index contributed by atoms with van der Waals surface area (Å²) in [6.07, 6.45) is 3.69. The average Bonchev–Trinajstić information content (AvgIpc) is 1.57. The second-order valence-corrected chi connectivity index (χ2v) is 30.2. The molecule has 0 radical (unpaired) electrons. The smallest absolute Gasteiger partial charge is 0.100 e. The number of anilines is 11. The van der Waals surface area contributed by atoms with Crippen LogP contribution in [0.25, 0.3) is 48.6 Å². The normalized spacial score (nSPS) is 9.39. The molecule has 0 saturated heterocycles. The van der Waals surface area contributed by atoms with Gasteiger partial charge in [0.25, 0.3) is 0 Å². The van der Waals surface area contributed by atoms with Crippen molar-refractivity contribution in [2.45, 2.75) is 198 Å². The van der Waals surface area contributed by atoms with Gasteiger partial charge in [-0.15, -0.1) is 22.7 Å². The van der Waals surface area contributed by atoms with Crippen molar-refractivity contribution in [1.82, 2.24) is 9.13 Å². The molecule has 12 N–H and O–H groups in total. The van der Waals surface area contributed by atoms with Crippen LogP contribution in [0.5, 0.6) is 0 Å². The Hall–Kier alpha value is -13.0. The Kier molecular flexibility index (Phi) is 73.1. The molecule has 0 spiro atoms. The third kappa shape index (κ3) is 40.6. The van der Waals surface area contributed by atoms with Gasteiger partial charge in [-0.3, -0.25) is 0 Å². The van der Waals surface area contributed by atoms with Gasteiger partial charge in [0.15, 0.2) is 0 Å². The number of thiophene rings is 2. The Balaban J connectivity index is 0.000000818. The van der Waals surface area contributed by atoms with E-state index in [1.807, 2.05) is 250 Å². The molecule has 0 amide bonds. The minimum Gasteiger partial charge on any atom is -0.340 e. The summed E-state index contributed by atoms with van der Waals surface area (Å²) in [6, 6.07) is 143. The van der Waals surface area contributed by atoms with E-state index in [4.69, 9.17) is 34.4 Å². The minimum absolute atomic E-state index is 0.643. The zero-order valence-electron chi connectivity index (χ0n) is 90.7. The van der Waals surface area contributed by atoms with E-state index in [9.17, 15) is 0 Å². The van der Waals surface area contributed by atoms with E-state index in [1.165, 1.54) is 97.2 Å². The van der Waals surface area contributed by atoms with Crippen LogP contribution in [0, 0.1) is 0 Å². The van der Waals surface area contributed by atoms with Crippen molar-refractivity contribution in [3.05, 3.63) is 433 Å². The highest BCUT2D eigenvalue weighted by Gasteiger charge is 2.18. The fourth-order valence-corrected chi connectivity index (χ4v) is 16.7. The summed E-state index contributed by atoms with van der Waals surface area (Å²) < 4.78 is 4.65. The summed E-state index contributed by atoms with van der Waals surface area (Å²) in [5.74, 6) is 0. The van der Waals surface area contributed by atoms with Gasteiger partial charge in [-0.25, -0.2) is 0 Å². The number of nitrogens with two attached hydrogens (primary N) is 6. The van der Waals surface area contributed by atoms with E-state index in [1.54, 1.807) is 11.3 Å². The van der Waals surface area contributed by atoms with Crippen LogP contribution in [0.1, 0.15) is 187 Å². The first-order valence-corrected chi connectivity index (χ1v) is 54.1. The Labute approximate surface area is 867 Å². The van der Waals surface area contributed by atoms with Gasteiger partial charge >= 0.3 is 0 Å². The van der Waals surface area contributed by atoms with Crippen molar-refractivity contribution >= 4 is 128 Å². The molecule has 4 aromatic heterocycles. The fraction of sp³-hybridized carbons (Fsp3) is 0.281. The summed E-state index contributed by atoms with van der Waals surface area (Å²) in [7, 11) is 0. The lowest BCUT2D eigenvalue weighted by molar-refractivity contribution is 0.758. The summed E-state index contributed by atoms with van der Waals surface area (Å²) in [6.45, 7) is 53.7. The van der Waals surface area contributed by atoms with E-state index in [0.717, 1.165) is 72.9 Å². The molecule has 14 heteroatoms. The number of fused-ring (bicyclic) bond motifs is 6. The van der Waals surface area contributed by atoms with Crippen molar-refractivity contribution < 1.29 is 0 Å². The second-order valence-electron chi connectivity index (χ2n) is 27.9. The van der Waals surface area contributed by atoms with Gasteiger partial charge in [-0.05, 0) is 233 Å². The number of benzene rings is 14. The van der Waals surface area contributed by atoms with Gasteiger partial charge in [0.05, 0.1) is 11.0 Å². The van der Waals surface area contributed by atoms with E-state index in [0.29, 0.717) is 39.3 Å². The number of para-hydroxylation sites is 12. The maximum absolute atomic E-state index is 5.70. The van der Waals surface area contributed by atoms with Crippen LogP contribution >= 0.6 is 22.7 Å². The van der Waals surface area contributed by atoms with Crippen molar-refractivity contribution in [2.75, 3.05) is 65.4 Å². The molecule has 0 fully saturated rings. The molecule has 12 nitrogen and oxygen atoms in total. The number of hydrogen-bond donors (Lipinski definition) is 6. The molecule has 18 rings (SSSR count). The monoisotopic (exact) mass is 1950 g/mol. The molecule has 0 aliphatic carbocycles. The topological polar surface area (TPSA) is 179 Å². The quantitative estimate of drug-likeness (QED) is 0.0341. The van der Waals surface area contributed by atoms with Crippen molar-refractivity contribution in [2.24, 2.45) is 34.4 Å². The molecular weight excluding hydrogens is 1770 g/mol. The Morgan fingerprint density at radius 1 is 0.204 bits per heavy atom. The Morgan fingerprint density at radius 2 is 0.472 bits per heavy atom. The highest BCUT2D eigenvalue weighted by Crippen LogP contribution is 2.41. The van der Waals surface area contributed by atoms with Crippen LogP contribution in [-0.2, 0) is 32.2 Å². The fourth-order valence-electron chi connectivity index (χ4n) is 14.6.